The van der Waals surface area contributed by atoms with Gasteiger partial charge >= 0.3 is 0 Å². The summed E-state index contributed by atoms with van der Waals surface area (Å²) in [6.07, 6.45) is 7.14. The third-order valence-corrected chi connectivity index (χ3v) is 4.45. The lowest BCUT2D eigenvalue weighted by molar-refractivity contribution is -0.134. The fraction of sp³-hybridized carbons (Fsp3) is 0.692. The van der Waals surface area contributed by atoms with Crippen molar-refractivity contribution in [3.8, 4) is 0 Å². The van der Waals surface area contributed by atoms with Gasteiger partial charge in [-0.1, -0.05) is 19.3 Å². The lowest BCUT2D eigenvalue weighted by Gasteiger charge is -2.33. The first-order chi connectivity index (χ1) is 8.74. The molecule has 0 saturated heterocycles. The third-order valence-electron chi connectivity index (χ3n) is 4.06. The number of aromatic nitrogens is 2. The summed E-state index contributed by atoms with van der Waals surface area (Å²) in [4.78, 5) is 14.4. The molecule has 2 aliphatic rings. The minimum absolute atomic E-state index is 0.233. The summed E-state index contributed by atoms with van der Waals surface area (Å²) < 4.78 is 2.67. The summed E-state index contributed by atoms with van der Waals surface area (Å²) in [6, 6.07) is 2.50. The molecule has 3 rings (SSSR count). The van der Waals surface area contributed by atoms with Crippen LogP contribution in [0.25, 0.3) is 0 Å². The van der Waals surface area contributed by atoms with Crippen molar-refractivity contribution in [3.05, 3.63) is 16.4 Å². The van der Waals surface area contributed by atoms with E-state index in [1.54, 1.807) is 0 Å². The predicted octanol–water partition coefficient (Wildman–Crippen LogP) is 2.36. The van der Waals surface area contributed by atoms with Crippen molar-refractivity contribution in [1.29, 1.82) is 0 Å². The number of nitrogens with zero attached hydrogens (tertiary/aromatic N) is 3. The number of rotatable bonds is 1. The smallest absolute Gasteiger partial charge is 0.244 e. The molecule has 98 valence electrons. The second kappa shape index (κ2) is 5.03. The highest BCUT2D eigenvalue weighted by molar-refractivity contribution is 9.10. The zero-order valence-electron chi connectivity index (χ0n) is 10.4. The fourth-order valence-electron chi connectivity index (χ4n) is 3.12. The lowest BCUT2D eigenvalue weighted by Crippen LogP contribution is -2.42. The van der Waals surface area contributed by atoms with Crippen LogP contribution >= 0.6 is 15.9 Å². The first kappa shape index (κ1) is 12.2. The van der Waals surface area contributed by atoms with Gasteiger partial charge in [-0.3, -0.25) is 9.48 Å². The number of halogens is 1. The monoisotopic (exact) mass is 311 g/mol. The van der Waals surface area contributed by atoms with Crippen molar-refractivity contribution >= 4 is 21.8 Å². The van der Waals surface area contributed by atoms with Crippen LogP contribution < -0.4 is 0 Å². The minimum Gasteiger partial charge on any atom is -0.338 e. The van der Waals surface area contributed by atoms with Crippen molar-refractivity contribution in [2.75, 3.05) is 6.54 Å². The Balaban J connectivity index is 1.76. The molecule has 0 aromatic carbocycles. The first-order valence-electron chi connectivity index (χ1n) is 6.76. The molecule has 1 amide bonds. The molecule has 0 bridgehead atoms. The van der Waals surface area contributed by atoms with E-state index in [4.69, 9.17) is 0 Å². The molecule has 0 unspecified atom stereocenters. The topological polar surface area (TPSA) is 38.1 Å². The van der Waals surface area contributed by atoms with E-state index in [-0.39, 0.29) is 5.91 Å². The number of hydrogen-bond donors (Lipinski definition) is 0. The maximum absolute atomic E-state index is 12.3. The molecule has 1 aromatic rings. The molecule has 2 heterocycles. The normalized spacial score (nSPS) is 21.8. The van der Waals surface area contributed by atoms with Crippen LogP contribution in [-0.2, 0) is 17.8 Å². The molecular formula is C13H18BrN3O. The van der Waals surface area contributed by atoms with Gasteiger partial charge in [0.05, 0.1) is 0 Å². The van der Waals surface area contributed by atoms with E-state index in [1.165, 1.54) is 32.1 Å². The second-order valence-corrected chi connectivity index (χ2v) is 6.06. The maximum atomic E-state index is 12.3. The summed E-state index contributed by atoms with van der Waals surface area (Å²) in [5.74, 6) is 0.233. The number of carbonyl (C=O) groups is 1. The highest BCUT2D eigenvalue weighted by Gasteiger charge is 2.28. The van der Waals surface area contributed by atoms with Crippen LogP contribution in [0.5, 0.6) is 0 Å². The van der Waals surface area contributed by atoms with Crippen LogP contribution in [0.3, 0.4) is 0 Å². The number of carbonyl (C=O) groups excluding carboxylic acids is 1. The molecule has 1 fully saturated rings. The highest BCUT2D eigenvalue weighted by atomic mass is 79.9. The predicted molar refractivity (Wildman–Crippen MR) is 72.2 cm³/mol. The van der Waals surface area contributed by atoms with E-state index in [0.29, 0.717) is 12.6 Å². The van der Waals surface area contributed by atoms with E-state index >= 15 is 0 Å². The Morgan fingerprint density at radius 1 is 1.28 bits per heavy atom. The van der Waals surface area contributed by atoms with Crippen LogP contribution in [0, 0.1) is 0 Å². The van der Waals surface area contributed by atoms with Gasteiger partial charge in [0, 0.05) is 24.7 Å². The number of fused-ring (bicyclic) bond motifs is 1. The maximum Gasteiger partial charge on any atom is 0.244 e. The molecule has 1 aliphatic carbocycles. The van der Waals surface area contributed by atoms with Gasteiger partial charge in [0.15, 0.2) is 0 Å². The van der Waals surface area contributed by atoms with E-state index in [2.05, 4.69) is 25.9 Å². The molecule has 1 aromatic heterocycles. The summed E-state index contributed by atoms with van der Waals surface area (Å²) in [6.45, 7) is 1.25. The summed E-state index contributed by atoms with van der Waals surface area (Å²) in [7, 11) is 0. The van der Waals surface area contributed by atoms with E-state index in [1.807, 2.05) is 10.7 Å². The molecule has 1 saturated carbocycles. The van der Waals surface area contributed by atoms with Crippen molar-refractivity contribution in [3.63, 3.8) is 0 Å². The van der Waals surface area contributed by atoms with Crippen LogP contribution in [0.2, 0.25) is 0 Å². The van der Waals surface area contributed by atoms with Gasteiger partial charge in [-0.15, -0.1) is 0 Å². The van der Waals surface area contributed by atoms with Crippen LogP contribution in [-0.4, -0.2) is 33.2 Å². The Bertz CT molecular complexity index is 451. The van der Waals surface area contributed by atoms with Crippen molar-refractivity contribution < 1.29 is 4.79 Å². The number of hydrogen-bond acceptors (Lipinski definition) is 2. The van der Waals surface area contributed by atoms with Gasteiger partial charge < -0.3 is 4.90 Å². The van der Waals surface area contributed by atoms with Crippen molar-refractivity contribution in [2.24, 2.45) is 0 Å². The van der Waals surface area contributed by atoms with Gasteiger partial charge in [-0.25, -0.2) is 0 Å². The van der Waals surface area contributed by atoms with E-state index < -0.39 is 0 Å². The standard InChI is InChI=1S/C13H18BrN3O/c14-12-8-11-6-7-16(10-4-2-1-3-5-10)13(18)9-17(11)15-12/h8,10H,1-7,9H2. The molecule has 0 radical (unpaired) electrons. The summed E-state index contributed by atoms with van der Waals surface area (Å²) in [5.41, 5.74) is 1.16. The molecular weight excluding hydrogens is 294 g/mol. The Hall–Kier alpha value is -0.840. The van der Waals surface area contributed by atoms with Crippen LogP contribution in [0.4, 0.5) is 0 Å². The molecule has 0 N–H and O–H groups in total. The molecule has 18 heavy (non-hydrogen) atoms. The third kappa shape index (κ3) is 2.32. The van der Waals surface area contributed by atoms with Gasteiger partial charge in [0.2, 0.25) is 5.91 Å². The quantitative estimate of drug-likeness (QED) is 0.798. The summed E-state index contributed by atoms with van der Waals surface area (Å²) in [5, 5.41) is 4.33. The Labute approximate surface area is 115 Å². The molecule has 0 spiro atoms. The Morgan fingerprint density at radius 2 is 2.06 bits per heavy atom. The SMILES string of the molecule is O=C1Cn2nc(Br)cc2CCN1C1CCCCC1. The molecule has 1 aliphatic heterocycles. The van der Waals surface area contributed by atoms with Gasteiger partial charge in [-0.05, 0) is 34.8 Å². The first-order valence-corrected chi connectivity index (χ1v) is 7.55. The molecule has 4 nitrogen and oxygen atoms in total. The minimum atomic E-state index is 0.233. The van der Waals surface area contributed by atoms with Crippen LogP contribution in [0.1, 0.15) is 37.8 Å². The second-order valence-electron chi connectivity index (χ2n) is 5.25. The van der Waals surface area contributed by atoms with Gasteiger partial charge in [-0.2, -0.15) is 5.10 Å². The molecule has 5 heteroatoms. The number of amides is 1. The lowest BCUT2D eigenvalue weighted by atomic mass is 9.94. The van der Waals surface area contributed by atoms with Gasteiger partial charge in [0.1, 0.15) is 11.1 Å². The van der Waals surface area contributed by atoms with Gasteiger partial charge in [0.25, 0.3) is 0 Å². The van der Waals surface area contributed by atoms with Crippen molar-refractivity contribution in [2.45, 2.75) is 51.1 Å². The fourth-order valence-corrected chi connectivity index (χ4v) is 3.57. The largest absolute Gasteiger partial charge is 0.338 e. The van der Waals surface area contributed by atoms with Crippen LogP contribution in [0.15, 0.2) is 10.7 Å². The van der Waals surface area contributed by atoms with E-state index in [9.17, 15) is 4.79 Å². The van der Waals surface area contributed by atoms with E-state index in [0.717, 1.165) is 23.3 Å². The Morgan fingerprint density at radius 3 is 2.83 bits per heavy atom. The van der Waals surface area contributed by atoms with Crippen molar-refractivity contribution in [1.82, 2.24) is 14.7 Å². The average Bonchev–Trinajstić information content (AvgIpc) is 2.63. The Kier molecular flexibility index (Phi) is 3.41. The zero-order valence-corrected chi connectivity index (χ0v) is 12.0. The summed E-state index contributed by atoms with van der Waals surface area (Å²) >= 11 is 3.37. The molecule has 0 atom stereocenters. The highest BCUT2D eigenvalue weighted by Crippen LogP contribution is 2.25. The average molecular weight is 312 g/mol. The zero-order chi connectivity index (χ0) is 12.5.